The van der Waals surface area contributed by atoms with Gasteiger partial charge in [-0.3, -0.25) is 14.2 Å². The van der Waals surface area contributed by atoms with Gasteiger partial charge in [-0.25, -0.2) is 9.78 Å². The SMILES string of the molecule is CCOC(=O)c1ccc(NC(=O)CSc2nc3c([nH]c4ccccc43)c(=O)n2-c2ccc(OC)c(OC)c2)cc1. The zero-order valence-electron chi connectivity index (χ0n) is 22.0. The highest BCUT2D eigenvalue weighted by atomic mass is 32.2. The molecule has 0 fully saturated rings. The maximum atomic E-state index is 13.8. The summed E-state index contributed by atoms with van der Waals surface area (Å²) in [7, 11) is 3.05. The minimum Gasteiger partial charge on any atom is -0.493 e. The molecule has 0 saturated carbocycles. The number of rotatable bonds is 9. The first-order valence-corrected chi connectivity index (χ1v) is 13.4. The van der Waals surface area contributed by atoms with Crippen molar-refractivity contribution in [3.8, 4) is 17.2 Å². The number of hydrogen-bond donors (Lipinski definition) is 2. The highest BCUT2D eigenvalue weighted by molar-refractivity contribution is 7.99. The summed E-state index contributed by atoms with van der Waals surface area (Å²) in [6.07, 6.45) is 0. The van der Waals surface area contributed by atoms with Crippen molar-refractivity contribution >= 4 is 51.3 Å². The van der Waals surface area contributed by atoms with Crippen LogP contribution in [-0.2, 0) is 9.53 Å². The second-order valence-corrected chi connectivity index (χ2v) is 9.55. The smallest absolute Gasteiger partial charge is 0.338 e. The first-order chi connectivity index (χ1) is 19.4. The highest BCUT2D eigenvalue weighted by Crippen LogP contribution is 2.31. The van der Waals surface area contributed by atoms with Crippen molar-refractivity contribution in [2.45, 2.75) is 12.1 Å². The van der Waals surface area contributed by atoms with Gasteiger partial charge in [-0.2, -0.15) is 0 Å². The van der Waals surface area contributed by atoms with E-state index in [1.54, 1.807) is 49.4 Å². The van der Waals surface area contributed by atoms with Crippen molar-refractivity contribution in [1.82, 2.24) is 14.5 Å². The second-order valence-electron chi connectivity index (χ2n) is 8.60. The number of benzene rings is 3. The first-order valence-electron chi connectivity index (χ1n) is 12.4. The van der Waals surface area contributed by atoms with Crippen molar-refractivity contribution < 1.29 is 23.8 Å². The average Bonchev–Trinajstić information content (AvgIpc) is 3.35. The van der Waals surface area contributed by atoms with Crippen LogP contribution in [0.4, 0.5) is 5.69 Å². The van der Waals surface area contributed by atoms with Gasteiger partial charge in [0.05, 0.1) is 37.8 Å². The van der Waals surface area contributed by atoms with Gasteiger partial charge in [0.15, 0.2) is 16.7 Å². The van der Waals surface area contributed by atoms with Crippen molar-refractivity contribution in [3.63, 3.8) is 0 Å². The van der Waals surface area contributed by atoms with E-state index in [1.807, 2.05) is 24.3 Å². The van der Waals surface area contributed by atoms with E-state index in [4.69, 9.17) is 19.2 Å². The third kappa shape index (κ3) is 5.23. The summed E-state index contributed by atoms with van der Waals surface area (Å²) in [5.74, 6) is 0.210. The van der Waals surface area contributed by atoms with Crippen molar-refractivity contribution in [1.29, 1.82) is 0 Å². The Labute approximate surface area is 233 Å². The van der Waals surface area contributed by atoms with E-state index < -0.39 is 5.97 Å². The number of hydrogen-bond acceptors (Lipinski definition) is 8. The molecule has 204 valence electrons. The number of para-hydroxylation sites is 1. The third-order valence-corrected chi connectivity index (χ3v) is 7.07. The van der Waals surface area contributed by atoms with Crippen LogP contribution in [0.3, 0.4) is 0 Å². The zero-order chi connectivity index (χ0) is 28.2. The van der Waals surface area contributed by atoms with Crippen LogP contribution in [0.25, 0.3) is 27.6 Å². The van der Waals surface area contributed by atoms with Gasteiger partial charge < -0.3 is 24.5 Å². The molecule has 1 amide bonds. The monoisotopic (exact) mass is 558 g/mol. The summed E-state index contributed by atoms with van der Waals surface area (Å²) in [4.78, 5) is 46.6. The lowest BCUT2D eigenvalue weighted by Crippen LogP contribution is -2.23. The maximum Gasteiger partial charge on any atom is 0.338 e. The number of H-pyrrole nitrogens is 1. The van der Waals surface area contributed by atoms with Gasteiger partial charge in [-0.1, -0.05) is 30.0 Å². The Kier molecular flexibility index (Phi) is 7.74. The minimum atomic E-state index is -0.428. The molecule has 5 rings (SSSR count). The fourth-order valence-corrected chi connectivity index (χ4v) is 5.07. The van der Waals surface area contributed by atoms with Crippen LogP contribution < -0.4 is 20.3 Å². The average molecular weight is 559 g/mol. The maximum absolute atomic E-state index is 13.8. The zero-order valence-corrected chi connectivity index (χ0v) is 22.8. The number of esters is 1. The number of methoxy groups -OCH3 is 2. The van der Waals surface area contributed by atoms with Crippen LogP contribution in [0.15, 0.2) is 76.7 Å². The molecule has 2 heterocycles. The summed E-state index contributed by atoms with van der Waals surface area (Å²) in [5.41, 5.74) is 2.77. The van der Waals surface area contributed by atoms with Crippen molar-refractivity contribution in [3.05, 3.63) is 82.6 Å². The lowest BCUT2D eigenvalue weighted by Gasteiger charge is -2.14. The quantitative estimate of drug-likeness (QED) is 0.150. The van der Waals surface area contributed by atoms with Crippen LogP contribution in [0.5, 0.6) is 11.5 Å². The molecule has 2 N–H and O–H groups in total. The van der Waals surface area contributed by atoms with E-state index in [2.05, 4.69) is 10.3 Å². The summed E-state index contributed by atoms with van der Waals surface area (Å²) < 4.78 is 17.2. The third-order valence-electron chi connectivity index (χ3n) is 6.13. The molecule has 0 aliphatic rings. The van der Waals surface area contributed by atoms with E-state index >= 15 is 0 Å². The summed E-state index contributed by atoms with van der Waals surface area (Å²) in [6, 6.07) is 19.1. The Morgan fingerprint density at radius 2 is 1.75 bits per heavy atom. The van der Waals surface area contributed by atoms with Gasteiger partial charge in [-0.15, -0.1) is 0 Å². The molecule has 40 heavy (non-hydrogen) atoms. The number of ether oxygens (including phenoxy) is 3. The standard InChI is InChI=1S/C29H26N4O6S/c1-4-39-28(36)17-9-11-18(12-10-17)30-24(34)16-40-29-32-25-20-7-5-6-8-21(20)31-26(25)27(35)33(29)19-13-14-22(37-2)23(15-19)38-3/h5-15,31H,4,16H2,1-3H3,(H,30,34). The minimum absolute atomic E-state index is 0.0206. The fraction of sp³-hybridized carbons (Fsp3) is 0.172. The number of carbonyl (C=O) groups excluding carboxylic acids is 2. The van der Waals surface area contributed by atoms with Crippen LogP contribution in [-0.4, -0.2) is 53.0 Å². The summed E-state index contributed by atoms with van der Waals surface area (Å²) in [6.45, 7) is 2.02. The molecular weight excluding hydrogens is 532 g/mol. The van der Waals surface area contributed by atoms with E-state index in [-0.39, 0.29) is 23.8 Å². The lowest BCUT2D eigenvalue weighted by molar-refractivity contribution is -0.113. The molecule has 0 aliphatic heterocycles. The Hall–Kier alpha value is -4.77. The number of carbonyl (C=O) groups is 2. The number of aromatic nitrogens is 3. The fourth-order valence-electron chi connectivity index (χ4n) is 4.26. The van der Waals surface area contributed by atoms with E-state index in [1.165, 1.54) is 18.8 Å². The van der Waals surface area contributed by atoms with Crippen molar-refractivity contribution in [2.24, 2.45) is 0 Å². The second kappa shape index (κ2) is 11.5. The number of amides is 1. The largest absolute Gasteiger partial charge is 0.493 e. The lowest BCUT2D eigenvalue weighted by atomic mass is 10.2. The molecule has 11 heteroatoms. The number of anilines is 1. The van der Waals surface area contributed by atoms with Crippen LogP contribution >= 0.6 is 11.8 Å². The van der Waals surface area contributed by atoms with Crippen LogP contribution in [0.2, 0.25) is 0 Å². The Bertz CT molecular complexity index is 1780. The number of fused-ring (bicyclic) bond motifs is 3. The molecule has 0 radical (unpaired) electrons. The molecule has 0 spiro atoms. The Morgan fingerprint density at radius 3 is 2.48 bits per heavy atom. The van der Waals surface area contributed by atoms with Gasteiger partial charge in [0.25, 0.3) is 5.56 Å². The van der Waals surface area contributed by atoms with Gasteiger partial charge in [-0.05, 0) is 49.4 Å². The molecule has 5 aromatic rings. The molecular formula is C29H26N4O6S. The van der Waals surface area contributed by atoms with Gasteiger partial charge in [0.2, 0.25) is 5.91 Å². The van der Waals surface area contributed by atoms with Gasteiger partial charge in [0.1, 0.15) is 11.0 Å². The topological polar surface area (TPSA) is 125 Å². The molecule has 10 nitrogen and oxygen atoms in total. The Morgan fingerprint density at radius 1 is 1.00 bits per heavy atom. The molecule has 0 aliphatic carbocycles. The van der Waals surface area contributed by atoms with Gasteiger partial charge >= 0.3 is 5.97 Å². The van der Waals surface area contributed by atoms with Crippen molar-refractivity contribution in [2.75, 3.05) is 31.9 Å². The molecule has 3 aromatic carbocycles. The molecule has 0 saturated heterocycles. The molecule has 0 bridgehead atoms. The van der Waals surface area contributed by atoms with E-state index in [0.717, 1.165) is 22.7 Å². The van der Waals surface area contributed by atoms with Gasteiger partial charge in [0, 0.05) is 22.7 Å². The van der Waals surface area contributed by atoms with E-state index in [0.29, 0.717) is 44.6 Å². The number of thioether (sulfide) groups is 1. The van der Waals surface area contributed by atoms with E-state index in [9.17, 15) is 14.4 Å². The van der Waals surface area contributed by atoms with Crippen LogP contribution in [0.1, 0.15) is 17.3 Å². The highest BCUT2D eigenvalue weighted by Gasteiger charge is 2.19. The predicted molar refractivity (Wildman–Crippen MR) is 154 cm³/mol. The van der Waals surface area contributed by atoms with Crippen LogP contribution in [0, 0.1) is 0 Å². The number of nitrogens with zero attached hydrogens (tertiary/aromatic N) is 2. The number of nitrogens with one attached hydrogen (secondary N) is 2. The predicted octanol–water partition coefficient (Wildman–Crippen LogP) is 4.79. The first kappa shape index (κ1) is 26.8. The molecule has 0 unspecified atom stereocenters. The molecule has 2 aromatic heterocycles. The normalized spacial score (nSPS) is 11.0. The summed E-state index contributed by atoms with van der Waals surface area (Å²) in [5, 5.41) is 3.95. The molecule has 0 atom stereocenters. The summed E-state index contributed by atoms with van der Waals surface area (Å²) >= 11 is 1.13. The Balaban J connectivity index is 1.48. The number of aromatic amines is 1.